The Bertz CT molecular complexity index is 540. The summed E-state index contributed by atoms with van der Waals surface area (Å²) in [4.78, 5) is 27.4. The van der Waals surface area contributed by atoms with Crippen molar-refractivity contribution in [1.82, 2.24) is 4.90 Å². The van der Waals surface area contributed by atoms with Crippen LogP contribution in [0, 0.1) is 5.92 Å². The van der Waals surface area contributed by atoms with Crippen LogP contribution in [0.2, 0.25) is 5.02 Å². The molecular weight excluding hydrogens is 280 g/mol. The van der Waals surface area contributed by atoms with Crippen LogP contribution in [0.25, 0.3) is 0 Å². The summed E-state index contributed by atoms with van der Waals surface area (Å²) in [6.45, 7) is 1.15. The Morgan fingerprint density at radius 2 is 1.85 bits per heavy atom. The van der Waals surface area contributed by atoms with E-state index in [1.165, 1.54) is 0 Å². The molecule has 1 N–H and O–H groups in total. The van der Waals surface area contributed by atoms with E-state index in [1.54, 1.807) is 34.1 Å². The van der Waals surface area contributed by atoms with Crippen LogP contribution in [0.5, 0.6) is 0 Å². The number of hydrogen-bond donors (Lipinski definition) is 1. The fraction of sp³-hybridized carbons (Fsp3) is 0.429. The van der Waals surface area contributed by atoms with Crippen LogP contribution in [0.3, 0.4) is 0 Å². The smallest absolute Gasteiger partial charge is 0.228 e. The monoisotopic (exact) mass is 294 g/mol. The van der Waals surface area contributed by atoms with Gasteiger partial charge in [0, 0.05) is 36.8 Å². The highest BCUT2D eigenvalue weighted by Gasteiger charge is 2.40. The topological polar surface area (TPSA) is 60.9 Å². The number of aliphatic hydroxyl groups is 1. The Labute approximate surface area is 121 Å². The summed E-state index contributed by atoms with van der Waals surface area (Å²) in [5, 5.41) is 9.85. The summed E-state index contributed by atoms with van der Waals surface area (Å²) in [6.07, 6.45) is -0.183. The molecular formula is C14H15ClN2O3. The fourth-order valence-corrected chi connectivity index (χ4v) is 2.76. The first-order valence-electron chi connectivity index (χ1n) is 6.57. The lowest BCUT2D eigenvalue weighted by atomic mass is 10.0. The largest absolute Gasteiger partial charge is 0.389 e. The predicted molar refractivity (Wildman–Crippen MR) is 74.5 cm³/mol. The first-order chi connectivity index (χ1) is 9.54. The molecule has 2 fully saturated rings. The SMILES string of the molecule is O=C(C1CC(=O)N(c2ccc(Cl)cc2)C1)N1CC(O)C1. The summed E-state index contributed by atoms with van der Waals surface area (Å²) in [7, 11) is 0. The fourth-order valence-electron chi connectivity index (χ4n) is 2.64. The number of nitrogens with zero attached hydrogens (tertiary/aromatic N) is 2. The van der Waals surface area contributed by atoms with Crippen molar-refractivity contribution in [2.45, 2.75) is 12.5 Å². The van der Waals surface area contributed by atoms with E-state index in [0.717, 1.165) is 5.69 Å². The molecule has 0 aromatic heterocycles. The number of halogens is 1. The number of amides is 2. The molecule has 1 unspecified atom stereocenters. The second kappa shape index (κ2) is 5.07. The second-order valence-corrected chi connectivity index (χ2v) is 5.72. The van der Waals surface area contributed by atoms with Gasteiger partial charge in [-0.05, 0) is 24.3 Å². The third kappa shape index (κ3) is 2.39. The number of likely N-dealkylation sites (tertiary alicyclic amines) is 1. The van der Waals surface area contributed by atoms with Crippen LogP contribution < -0.4 is 4.90 Å². The molecule has 2 saturated heterocycles. The average molecular weight is 295 g/mol. The van der Waals surface area contributed by atoms with E-state index < -0.39 is 6.10 Å². The number of rotatable bonds is 2. The molecule has 3 rings (SSSR count). The van der Waals surface area contributed by atoms with Gasteiger partial charge in [-0.15, -0.1) is 0 Å². The van der Waals surface area contributed by atoms with Crippen LogP contribution in [-0.4, -0.2) is 47.6 Å². The molecule has 106 valence electrons. The maximum absolute atomic E-state index is 12.2. The molecule has 0 aliphatic carbocycles. The van der Waals surface area contributed by atoms with Crippen LogP contribution in [0.1, 0.15) is 6.42 Å². The molecule has 5 nitrogen and oxygen atoms in total. The molecule has 0 radical (unpaired) electrons. The van der Waals surface area contributed by atoms with Crippen molar-refractivity contribution in [3.05, 3.63) is 29.3 Å². The van der Waals surface area contributed by atoms with E-state index in [9.17, 15) is 14.7 Å². The molecule has 6 heteroatoms. The van der Waals surface area contributed by atoms with Crippen LogP contribution >= 0.6 is 11.6 Å². The van der Waals surface area contributed by atoms with Crippen molar-refractivity contribution in [3.63, 3.8) is 0 Å². The molecule has 20 heavy (non-hydrogen) atoms. The summed E-state index contributed by atoms with van der Waals surface area (Å²) in [5.74, 6) is -0.405. The lowest BCUT2D eigenvalue weighted by molar-refractivity contribution is -0.145. The highest BCUT2D eigenvalue weighted by Crippen LogP contribution is 2.28. The zero-order chi connectivity index (χ0) is 14.3. The number of β-amino-alcohol motifs (C(OH)–C–C–N with tert-alkyl or cyclic N) is 1. The third-order valence-corrected chi connectivity index (χ3v) is 4.04. The van der Waals surface area contributed by atoms with Gasteiger partial charge in [-0.25, -0.2) is 0 Å². The molecule has 2 heterocycles. The van der Waals surface area contributed by atoms with Crippen molar-refractivity contribution < 1.29 is 14.7 Å². The number of benzene rings is 1. The zero-order valence-electron chi connectivity index (χ0n) is 10.8. The molecule has 2 aliphatic rings. The lowest BCUT2D eigenvalue weighted by Crippen LogP contribution is -2.55. The Hall–Kier alpha value is -1.59. The van der Waals surface area contributed by atoms with E-state index in [-0.39, 0.29) is 24.2 Å². The summed E-state index contributed by atoms with van der Waals surface area (Å²) in [5.41, 5.74) is 0.762. The van der Waals surface area contributed by atoms with E-state index in [0.29, 0.717) is 24.7 Å². The molecule has 0 saturated carbocycles. The molecule has 2 aliphatic heterocycles. The van der Waals surface area contributed by atoms with E-state index in [2.05, 4.69) is 0 Å². The lowest BCUT2D eigenvalue weighted by Gasteiger charge is -2.37. The normalized spacial score (nSPS) is 23.1. The van der Waals surface area contributed by atoms with Gasteiger partial charge < -0.3 is 14.9 Å². The van der Waals surface area contributed by atoms with Crippen molar-refractivity contribution in [2.24, 2.45) is 5.92 Å². The highest BCUT2D eigenvalue weighted by atomic mass is 35.5. The minimum absolute atomic E-state index is 0.0416. The predicted octanol–water partition coefficient (Wildman–Crippen LogP) is 0.896. The number of hydrogen-bond acceptors (Lipinski definition) is 3. The Morgan fingerprint density at radius 1 is 1.20 bits per heavy atom. The van der Waals surface area contributed by atoms with Gasteiger partial charge in [0.15, 0.2) is 0 Å². The van der Waals surface area contributed by atoms with Gasteiger partial charge in [0.2, 0.25) is 11.8 Å². The van der Waals surface area contributed by atoms with Gasteiger partial charge in [-0.2, -0.15) is 0 Å². The Balaban J connectivity index is 1.69. The first-order valence-corrected chi connectivity index (χ1v) is 6.95. The second-order valence-electron chi connectivity index (χ2n) is 5.28. The van der Waals surface area contributed by atoms with Crippen LogP contribution in [-0.2, 0) is 9.59 Å². The quantitative estimate of drug-likeness (QED) is 0.881. The zero-order valence-corrected chi connectivity index (χ0v) is 11.6. The van der Waals surface area contributed by atoms with Gasteiger partial charge in [-0.1, -0.05) is 11.6 Å². The van der Waals surface area contributed by atoms with Gasteiger partial charge >= 0.3 is 0 Å². The number of carbonyl (C=O) groups is 2. The van der Waals surface area contributed by atoms with Gasteiger partial charge in [0.25, 0.3) is 0 Å². The molecule has 1 atom stereocenters. The molecule has 0 bridgehead atoms. The van der Waals surface area contributed by atoms with Crippen molar-refractivity contribution in [2.75, 3.05) is 24.5 Å². The number of anilines is 1. The molecule has 1 aromatic carbocycles. The number of carbonyl (C=O) groups excluding carboxylic acids is 2. The maximum Gasteiger partial charge on any atom is 0.228 e. The van der Waals surface area contributed by atoms with Crippen LogP contribution in [0.15, 0.2) is 24.3 Å². The van der Waals surface area contributed by atoms with Gasteiger partial charge in [-0.3, -0.25) is 9.59 Å². The third-order valence-electron chi connectivity index (χ3n) is 3.79. The minimum atomic E-state index is -0.413. The van der Waals surface area contributed by atoms with Crippen molar-refractivity contribution in [3.8, 4) is 0 Å². The van der Waals surface area contributed by atoms with Crippen molar-refractivity contribution >= 4 is 29.1 Å². The summed E-state index contributed by atoms with van der Waals surface area (Å²) in [6, 6.07) is 7.01. The summed E-state index contributed by atoms with van der Waals surface area (Å²) >= 11 is 5.83. The molecule has 1 aromatic rings. The first kappa shape index (κ1) is 13.4. The van der Waals surface area contributed by atoms with E-state index in [1.807, 2.05) is 0 Å². The average Bonchev–Trinajstić information content (AvgIpc) is 2.77. The Morgan fingerprint density at radius 3 is 2.45 bits per heavy atom. The van der Waals surface area contributed by atoms with Gasteiger partial charge in [0.05, 0.1) is 12.0 Å². The Kier molecular flexibility index (Phi) is 3.40. The van der Waals surface area contributed by atoms with Crippen LogP contribution in [0.4, 0.5) is 5.69 Å². The highest BCUT2D eigenvalue weighted by molar-refractivity contribution is 6.30. The number of aliphatic hydroxyl groups excluding tert-OH is 1. The van der Waals surface area contributed by atoms with E-state index >= 15 is 0 Å². The van der Waals surface area contributed by atoms with Gasteiger partial charge in [0.1, 0.15) is 0 Å². The van der Waals surface area contributed by atoms with E-state index in [4.69, 9.17) is 11.6 Å². The molecule has 0 spiro atoms. The minimum Gasteiger partial charge on any atom is -0.389 e. The molecule has 2 amide bonds. The standard InChI is InChI=1S/C14H15ClN2O3/c15-10-1-3-11(4-2-10)17-6-9(5-13(17)19)14(20)16-7-12(18)8-16/h1-4,9,12,18H,5-8H2. The van der Waals surface area contributed by atoms with Crippen molar-refractivity contribution in [1.29, 1.82) is 0 Å². The maximum atomic E-state index is 12.2. The summed E-state index contributed by atoms with van der Waals surface area (Å²) < 4.78 is 0.